The zero-order chi connectivity index (χ0) is 22.8. The van der Waals surface area contributed by atoms with Crippen LogP contribution in [0.3, 0.4) is 0 Å². The molecule has 4 heteroatoms. The zero-order valence-electron chi connectivity index (χ0n) is 19.0. The fourth-order valence-electron chi connectivity index (χ4n) is 3.75. The molecule has 166 valence electrons. The summed E-state index contributed by atoms with van der Waals surface area (Å²) in [5.41, 5.74) is 6.22. The van der Waals surface area contributed by atoms with E-state index < -0.39 is 0 Å². The van der Waals surface area contributed by atoms with Gasteiger partial charge in [0.25, 0.3) is 0 Å². The Morgan fingerprint density at radius 1 is 0.844 bits per heavy atom. The molecule has 0 aromatic heterocycles. The van der Waals surface area contributed by atoms with Crippen molar-refractivity contribution in [2.24, 2.45) is 0 Å². The minimum absolute atomic E-state index is 0.00265. The zero-order valence-corrected chi connectivity index (χ0v) is 19.0. The monoisotopic (exact) mass is 428 g/mol. The first kappa shape index (κ1) is 23.3. The molecule has 0 bridgehead atoms. The van der Waals surface area contributed by atoms with Gasteiger partial charge < -0.3 is 10.2 Å². The predicted octanol–water partition coefficient (Wildman–Crippen LogP) is 5.36. The van der Waals surface area contributed by atoms with Crippen molar-refractivity contribution in [3.8, 4) is 11.1 Å². The number of hydrogen-bond donors (Lipinski definition) is 1. The Balaban J connectivity index is 0.000000182. The molecule has 0 saturated heterocycles. The van der Waals surface area contributed by atoms with Crippen LogP contribution in [0.1, 0.15) is 43.4 Å². The van der Waals surface area contributed by atoms with E-state index in [1.165, 1.54) is 29.2 Å². The third kappa shape index (κ3) is 6.81. The van der Waals surface area contributed by atoms with E-state index in [0.29, 0.717) is 18.9 Å². The van der Waals surface area contributed by atoms with E-state index >= 15 is 0 Å². The third-order valence-electron chi connectivity index (χ3n) is 5.55. The van der Waals surface area contributed by atoms with Crippen LogP contribution in [0.5, 0.6) is 0 Å². The molecule has 0 aliphatic carbocycles. The molecule has 0 atom stereocenters. The maximum atomic E-state index is 11.7. The highest BCUT2D eigenvalue weighted by Crippen LogP contribution is 2.20. The molecule has 32 heavy (non-hydrogen) atoms. The van der Waals surface area contributed by atoms with Gasteiger partial charge in [0.1, 0.15) is 0 Å². The molecule has 4 rings (SSSR count). The number of rotatable bonds is 5. The van der Waals surface area contributed by atoms with Gasteiger partial charge in [-0.2, -0.15) is 0 Å². The Hall–Kier alpha value is -3.40. The van der Waals surface area contributed by atoms with Crippen LogP contribution in [0, 0.1) is 0 Å². The number of fused-ring (bicyclic) bond motifs is 1. The van der Waals surface area contributed by atoms with Crippen molar-refractivity contribution < 1.29 is 9.59 Å². The number of carbonyl (C=O) groups excluding carboxylic acids is 2. The molecule has 3 aromatic rings. The van der Waals surface area contributed by atoms with Gasteiger partial charge in [-0.3, -0.25) is 9.59 Å². The summed E-state index contributed by atoms with van der Waals surface area (Å²) < 4.78 is 0. The number of amides is 2. The molecule has 1 aliphatic heterocycles. The highest BCUT2D eigenvalue weighted by molar-refractivity contribution is 5.76. The predicted molar refractivity (Wildman–Crippen MR) is 130 cm³/mol. The quantitative estimate of drug-likeness (QED) is 0.595. The van der Waals surface area contributed by atoms with Crippen molar-refractivity contribution in [3.63, 3.8) is 0 Å². The molecule has 1 heterocycles. The van der Waals surface area contributed by atoms with Crippen molar-refractivity contribution >= 4 is 11.8 Å². The van der Waals surface area contributed by atoms with Gasteiger partial charge in [-0.1, -0.05) is 85.8 Å². The Morgan fingerprint density at radius 2 is 1.47 bits per heavy atom. The fraction of sp³-hybridized carbons (Fsp3) is 0.286. The molecule has 0 unspecified atom stereocenters. The topological polar surface area (TPSA) is 49.4 Å². The van der Waals surface area contributed by atoms with Crippen molar-refractivity contribution in [2.45, 2.75) is 46.2 Å². The standard InChI is InChI=1S/C15H15NO.C13H17NO/c1-12(17)16-11-13-7-9-15(10-8-13)14-5-3-2-4-6-14;1-2-5-13(15)14-9-8-11-6-3-4-7-12(11)10-14/h2-10H,11H2,1H3,(H,16,17);3-4,6-7H,2,5,8-10H2,1H3. The number of nitrogens with one attached hydrogen (secondary N) is 1. The molecule has 0 saturated carbocycles. The molecule has 2 amide bonds. The summed E-state index contributed by atoms with van der Waals surface area (Å²) in [5.74, 6) is 0.295. The fourth-order valence-corrected chi connectivity index (χ4v) is 3.75. The average Bonchev–Trinajstić information content (AvgIpc) is 2.84. The van der Waals surface area contributed by atoms with E-state index in [-0.39, 0.29) is 5.91 Å². The Kier molecular flexibility index (Phi) is 8.61. The van der Waals surface area contributed by atoms with Crippen LogP contribution < -0.4 is 5.32 Å². The van der Waals surface area contributed by atoms with E-state index in [9.17, 15) is 9.59 Å². The summed E-state index contributed by atoms with van der Waals surface area (Å²) in [4.78, 5) is 24.5. The van der Waals surface area contributed by atoms with Gasteiger partial charge in [0, 0.05) is 33.0 Å². The summed E-state index contributed by atoms with van der Waals surface area (Å²) in [6, 6.07) is 26.9. The van der Waals surface area contributed by atoms with Gasteiger partial charge in [0.2, 0.25) is 11.8 Å². The molecular formula is C28H32N2O2. The Bertz CT molecular complexity index is 1010. The first-order valence-electron chi connectivity index (χ1n) is 11.3. The summed E-state index contributed by atoms with van der Waals surface area (Å²) in [7, 11) is 0. The van der Waals surface area contributed by atoms with E-state index in [0.717, 1.165) is 31.5 Å². The van der Waals surface area contributed by atoms with Crippen LogP contribution in [0.2, 0.25) is 0 Å². The number of nitrogens with zero attached hydrogens (tertiary/aromatic N) is 1. The number of hydrogen-bond acceptors (Lipinski definition) is 2. The summed E-state index contributed by atoms with van der Waals surface area (Å²) >= 11 is 0. The summed E-state index contributed by atoms with van der Waals surface area (Å²) in [6.45, 7) is 5.85. The van der Waals surface area contributed by atoms with Crippen molar-refractivity contribution in [1.29, 1.82) is 0 Å². The van der Waals surface area contributed by atoms with E-state index in [2.05, 4.69) is 54.7 Å². The van der Waals surface area contributed by atoms with Crippen LogP contribution in [-0.4, -0.2) is 23.3 Å². The minimum Gasteiger partial charge on any atom is -0.352 e. The molecule has 1 aliphatic rings. The molecule has 4 nitrogen and oxygen atoms in total. The average molecular weight is 429 g/mol. The number of carbonyl (C=O) groups is 2. The van der Waals surface area contributed by atoms with Gasteiger partial charge in [-0.05, 0) is 40.7 Å². The molecule has 0 fully saturated rings. The van der Waals surface area contributed by atoms with Gasteiger partial charge >= 0.3 is 0 Å². The molecule has 0 spiro atoms. The highest BCUT2D eigenvalue weighted by atomic mass is 16.2. The second-order valence-electron chi connectivity index (χ2n) is 8.06. The highest BCUT2D eigenvalue weighted by Gasteiger charge is 2.19. The lowest BCUT2D eigenvalue weighted by Crippen LogP contribution is -2.35. The normalized spacial score (nSPS) is 12.2. The first-order valence-corrected chi connectivity index (χ1v) is 11.3. The molecule has 3 aromatic carbocycles. The number of benzene rings is 3. The van der Waals surface area contributed by atoms with Crippen LogP contribution in [0.15, 0.2) is 78.9 Å². The van der Waals surface area contributed by atoms with Crippen LogP contribution in [-0.2, 0) is 29.1 Å². The lowest BCUT2D eigenvalue weighted by molar-refractivity contribution is -0.132. The Labute approximate surface area is 191 Å². The smallest absolute Gasteiger partial charge is 0.222 e. The molecule has 0 radical (unpaired) electrons. The lowest BCUT2D eigenvalue weighted by Gasteiger charge is -2.28. The second-order valence-corrected chi connectivity index (χ2v) is 8.06. The van der Waals surface area contributed by atoms with Crippen molar-refractivity contribution in [3.05, 3.63) is 95.6 Å². The van der Waals surface area contributed by atoms with Gasteiger partial charge in [0.15, 0.2) is 0 Å². The van der Waals surface area contributed by atoms with Crippen LogP contribution in [0.4, 0.5) is 0 Å². The third-order valence-corrected chi connectivity index (χ3v) is 5.55. The summed E-state index contributed by atoms with van der Waals surface area (Å²) in [5, 5.41) is 2.78. The summed E-state index contributed by atoms with van der Waals surface area (Å²) in [6.07, 6.45) is 2.63. The van der Waals surface area contributed by atoms with Gasteiger partial charge in [-0.15, -0.1) is 0 Å². The first-order chi connectivity index (χ1) is 15.6. The molecule has 1 N–H and O–H groups in total. The van der Waals surface area contributed by atoms with Gasteiger partial charge in [-0.25, -0.2) is 0 Å². The van der Waals surface area contributed by atoms with Crippen LogP contribution in [0.25, 0.3) is 11.1 Å². The van der Waals surface area contributed by atoms with Crippen molar-refractivity contribution in [1.82, 2.24) is 10.2 Å². The van der Waals surface area contributed by atoms with E-state index in [1.807, 2.05) is 41.3 Å². The van der Waals surface area contributed by atoms with E-state index in [4.69, 9.17) is 0 Å². The van der Waals surface area contributed by atoms with Crippen LogP contribution >= 0.6 is 0 Å². The van der Waals surface area contributed by atoms with Gasteiger partial charge in [0.05, 0.1) is 0 Å². The maximum absolute atomic E-state index is 11.7. The lowest BCUT2D eigenvalue weighted by atomic mass is 10.00. The van der Waals surface area contributed by atoms with E-state index in [1.54, 1.807) is 0 Å². The largest absolute Gasteiger partial charge is 0.352 e. The minimum atomic E-state index is -0.00265. The maximum Gasteiger partial charge on any atom is 0.222 e. The SMILES string of the molecule is CC(=O)NCc1ccc(-c2ccccc2)cc1.CCCC(=O)N1CCc2ccccc2C1. The molecular weight excluding hydrogens is 396 g/mol. The Morgan fingerprint density at radius 3 is 2.12 bits per heavy atom. The van der Waals surface area contributed by atoms with Crippen molar-refractivity contribution in [2.75, 3.05) is 6.54 Å². The second kappa shape index (κ2) is 11.8.